The van der Waals surface area contributed by atoms with Crippen LogP contribution < -0.4 is 0 Å². The summed E-state index contributed by atoms with van der Waals surface area (Å²) in [6.45, 7) is 5.33. The SMILES string of the molecule is CC(C)[C@@H]1CO[C@@]23CCN(C(=O)C4(c5ccccc5)CCCCC4)[C@@H]2CC(=O)N13.O=CO. The summed E-state index contributed by atoms with van der Waals surface area (Å²) in [5.41, 5.74) is 0.102. The second kappa shape index (κ2) is 8.85. The Bertz CT molecular complexity index is 851. The molecule has 3 heterocycles. The number of ether oxygens (including phenoxy) is 1. The molecule has 1 aliphatic carbocycles. The van der Waals surface area contributed by atoms with Crippen molar-refractivity contribution in [2.24, 2.45) is 5.92 Å². The molecule has 5 rings (SSSR count). The normalized spacial score (nSPS) is 30.5. The number of carboxylic acid groups (broad SMARTS) is 1. The number of likely N-dealkylation sites (tertiary alicyclic amines) is 1. The monoisotopic (exact) mass is 442 g/mol. The van der Waals surface area contributed by atoms with Crippen LogP contribution in [0.5, 0.6) is 0 Å². The van der Waals surface area contributed by atoms with E-state index in [9.17, 15) is 9.59 Å². The molecule has 0 aromatic heterocycles. The Morgan fingerprint density at radius 1 is 1.16 bits per heavy atom. The Kier molecular flexibility index (Phi) is 6.30. The molecule has 4 aliphatic rings. The first-order valence-corrected chi connectivity index (χ1v) is 11.8. The van der Waals surface area contributed by atoms with Gasteiger partial charge in [-0.25, -0.2) is 0 Å². The number of nitrogens with zero attached hydrogens (tertiary/aromatic N) is 2. The summed E-state index contributed by atoms with van der Waals surface area (Å²) in [7, 11) is 0. The van der Waals surface area contributed by atoms with E-state index in [0.29, 0.717) is 25.5 Å². The van der Waals surface area contributed by atoms with E-state index in [4.69, 9.17) is 14.6 Å². The van der Waals surface area contributed by atoms with Gasteiger partial charge in [-0.15, -0.1) is 0 Å². The van der Waals surface area contributed by atoms with Crippen molar-refractivity contribution in [2.45, 2.75) is 82.0 Å². The van der Waals surface area contributed by atoms with Crippen LogP contribution in [0.2, 0.25) is 0 Å². The summed E-state index contributed by atoms with van der Waals surface area (Å²) in [6.07, 6.45) is 6.31. The molecule has 3 aliphatic heterocycles. The van der Waals surface area contributed by atoms with Gasteiger partial charge in [-0.3, -0.25) is 14.4 Å². The molecule has 1 saturated carbocycles. The molecule has 2 amide bonds. The fourth-order valence-electron chi connectivity index (χ4n) is 6.43. The quantitative estimate of drug-likeness (QED) is 0.727. The van der Waals surface area contributed by atoms with Crippen molar-refractivity contribution in [2.75, 3.05) is 13.2 Å². The van der Waals surface area contributed by atoms with E-state index in [2.05, 4.69) is 26.0 Å². The third-order valence-corrected chi connectivity index (χ3v) is 7.96. The molecule has 0 unspecified atom stereocenters. The molecule has 1 spiro atoms. The van der Waals surface area contributed by atoms with Gasteiger partial charge in [-0.05, 0) is 24.3 Å². The van der Waals surface area contributed by atoms with Crippen LogP contribution in [-0.2, 0) is 24.5 Å². The van der Waals surface area contributed by atoms with E-state index in [1.54, 1.807) is 0 Å². The van der Waals surface area contributed by atoms with Crippen LogP contribution in [0.15, 0.2) is 30.3 Å². The van der Waals surface area contributed by atoms with E-state index in [0.717, 1.165) is 37.7 Å². The zero-order chi connectivity index (χ0) is 22.9. The first kappa shape index (κ1) is 22.8. The van der Waals surface area contributed by atoms with Gasteiger partial charge in [-0.2, -0.15) is 0 Å². The van der Waals surface area contributed by atoms with Gasteiger partial charge < -0.3 is 19.6 Å². The van der Waals surface area contributed by atoms with Crippen LogP contribution in [0.3, 0.4) is 0 Å². The molecular weight excluding hydrogens is 408 g/mol. The van der Waals surface area contributed by atoms with Gasteiger partial charge in [0, 0.05) is 13.0 Å². The lowest BCUT2D eigenvalue weighted by Gasteiger charge is -2.41. The Labute approximate surface area is 189 Å². The van der Waals surface area contributed by atoms with Gasteiger partial charge in [0.1, 0.15) is 0 Å². The standard InChI is InChI=1S/C24H32N2O3.CH2O2/c1-17(2)19-16-29-24-13-14-25(20(24)15-21(27)26(19)24)22(28)23(11-7-4-8-12-23)18-9-5-3-6-10-18;2-1-3/h3,5-6,9-10,17,19-20H,4,7-8,11-16H2,1-2H3;1H,(H,2,3)/t19-,20+,24-;/m0./s1. The zero-order valence-electron chi connectivity index (χ0n) is 19.0. The van der Waals surface area contributed by atoms with Crippen molar-refractivity contribution >= 4 is 18.3 Å². The Morgan fingerprint density at radius 2 is 1.81 bits per heavy atom. The number of benzene rings is 1. The number of amides is 2. The van der Waals surface area contributed by atoms with Gasteiger partial charge in [-0.1, -0.05) is 63.4 Å². The van der Waals surface area contributed by atoms with Gasteiger partial charge >= 0.3 is 0 Å². The topological polar surface area (TPSA) is 87.2 Å². The minimum absolute atomic E-state index is 0.125. The summed E-state index contributed by atoms with van der Waals surface area (Å²) in [6, 6.07) is 10.3. The Hall–Kier alpha value is -2.41. The van der Waals surface area contributed by atoms with Crippen LogP contribution in [0.4, 0.5) is 0 Å². The first-order valence-electron chi connectivity index (χ1n) is 11.8. The molecule has 0 bridgehead atoms. The largest absolute Gasteiger partial charge is 0.483 e. The Balaban J connectivity index is 0.000000775. The number of rotatable bonds is 3. The number of carbonyl (C=O) groups is 3. The molecule has 32 heavy (non-hydrogen) atoms. The van der Waals surface area contributed by atoms with Crippen LogP contribution in [-0.4, -0.2) is 64.2 Å². The molecule has 7 heteroatoms. The summed E-state index contributed by atoms with van der Waals surface area (Å²) in [5.74, 6) is 0.730. The van der Waals surface area contributed by atoms with Crippen molar-refractivity contribution in [1.82, 2.24) is 9.80 Å². The molecule has 3 atom stereocenters. The highest BCUT2D eigenvalue weighted by Crippen LogP contribution is 2.51. The lowest BCUT2D eigenvalue weighted by atomic mass is 9.68. The third kappa shape index (κ3) is 3.41. The second-order valence-electron chi connectivity index (χ2n) is 9.81. The highest BCUT2D eigenvalue weighted by atomic mass is 16.5. The molecule has 174 valence electrons. The predicted octanol–water partition coefficient (Wildman–Crippen LogP) is 3.17. The highest BCUT2D eigenvalue weighted by Gasteiger charge is 2.66. The number of carbonyl (C=O) groups excluding carboxylic acids is 2. The Morgan fingerprint density at radius 3 is 2.44 bits per heavy atom. The van der Waals surface area contributed by atoms with Crippen molar-refractivity contribution in [3.63, 3.8) is 0 Å². The summed E-state index contributed by atoms with van der Waals surface area (Å²) in [4.78, 5) is 39.5. The van der Waals surface area contributed by atoms with Gasteiger partial charge in [0.15, 0.2) is 5.72 Å². The molecule has 1 aromatic carbocycles. The highest BCUT2D eigenvalue weighted by molar-refractivity contribution is 5.91. The molecule has 1 N–H and O–H groups in total. The van der Waals surface area contributed by atoms with E-state index in [1.807, 2.05) is 28.0 Å². The average Bonchev–Trinajstić information content (AvgIpc) is 3.44. The van der Waals surface area contributed by atoms with Gasteiger partial charge in [0.05, 0.1) is 30.5 Å². The predicted molar refractivity (Wildman–Crippen MR) is 119 cm³/mol. The summed E-state index contributed by atoms with van der Waals surface area (Å²) in [5, 5.41) is 6.89. The fraction of sp³-hybridized carbons (Fsp3) is 0.640. The summed E-state index contributed by atoms with van der Waals surface area (Å²) >= 11 is 0. The lowest BCUT2D eigenvalue weighted by Crippen LogP contribution is -2.54. The van der Waals surface area contributed by atoms with Crippen LogP contribution in [0.1, 0.15) is 64.4 Å². The maximum atomic E-state index is 14.1. The zero-order valence-corrected chi connectivity index (χ0v) is 19.0. The molecule has 3 saturated heterocycles. The average molecular weight is 443 g/mol. The van der Waals surface area contributed by atoms with Crippen LogP contribution >= 0.6 is 0 Å². The molecule has 1 aromatic rings. The minimum atomic E-state index is -0.589. The molecular formula is C25H34N2O5. The third-order valence-electron chi connectivity index (χ3n) is 7.96. The smallest absolute Gasteiger partial charge is 0.290 e. The lowest BCUT2D eigenvalue weighted by molar-refractivity contribution is -0.145. The van der Waals surface area contributed by atoms with E-state index in [1.165, 1.54) is 6.42 Å². The van der Waals surface area contributed by atoms with E-state index in [-0.39, 0.29) is 30.4 Å². The van der Waals surface area contributed by atoms with Crippen LogP contribution in [0, 0.1) is 5.92 Å². The van der Waals surface area contributed by atoms with Crippen molar-refractivity contribution < 1.29 is 24.2 Å². The minimum Gasteiger partial charge on any atom is -0.483 e. The molecule has 0 radical (unpaired) electrons. The molecule has 7 nitrogen and oxygen atoms in total. The van der Waals surface area contributed by atoms with Gasteiger partial charge in [0.2, 0.25) is 11.8 Å². The summed E-state index contributed by atoms with van der Waals surface area (Å²) < 4.78 is 6.35. The maximum absolute atomic E-state index is 14.1. The second-order valence-corrected chi connectivity index (χ2v) is 9.81. The van der Waals surface area contributed by atoms with E-state index >= 15 is 0 Å². The molecule has 4 fully saturated rings. The number of hydrogen-bond donors (Lipinski definition) is 1. The van der Waals surface area contributed by atoms with Crippen LogP contribution in [0.25, 0.3) is 0 Å². The van der Waals surface area contributed by atoms with Crippen molar-refractivity contribution in [3.05, 3.63) is 35.9 Å². The van der Waals surface area contributed by atoms with Crippen molar-refractivity contribution in [1.29, 1.82) is 0 Å². The van der Waals surface area contributed by atoms with Gasteiger partial charge in [0.25, 0.3) is 6.47 Å². The first-order chi connectivity index (χ1) is 15.4. The van der Waals surface area contributed by atoms with Crippen molar-refractivity contribution in [3.8, 4) is 0 Å². The number of hydrogen-bond acceptors (Lipinski definition) is 4. The van der Waals surface area contributed by atoms with E-state index < -0.39 is 11.1 Å². The maximum Gasteiger partial charge on any atom is 0.290 e. The fourth-order valence-corrected chi connectivity index (χ4v) is 6.43.